The fourth-order valence-corrected chi connectivity index (χ4v) is 2.50. The Hall–Kier alpha value is -1.63. The van der Waals surface area contributed by atoms with Crippen molar-refractivity contribution in [3.05, 3.63) is 40.9 Å². The highest BCUT2D eigenvalue weighted by Gasteiger charge is 2.23. The maximum Gasteiger partial charge on any atom is 0.142 e. The van der Waals surface area contributed by atoms with E-state index in [4.69, 9.17) is 21.1 Å². The number of rotatable bonds is 7. The van der Waals surface area contributed by atoms with E-state index in [9.17, 15) is 0 Å². The minimum Gasteiger partial charge on any atom is -0.495 e. The molecule has 0 radical (unpaired) electrons. The molecule has 1 atom stereocenters. The lowest BCUT2D eigenvalue weighted by atomic mass is 10.0. The number of hydrogen-bond acceptors (Lipinski definition) is 5. The first kappa shape index (κ1) is 15.8. The average Bonchev–Trinajstić information content (AvgIpc) is 2.88. The fourth-order valence-electron chi connectivity index (χ4n) is 2.25. The molecule has 0 aliphatic carbocycles. The molecule has 1 unspecified atom stereocenters. The Labute approximate surface area is 129 Å². The summed E-state index contributed by atoms with van der Waals surface area (Å²) in [7, 11) is 5.15. The van der Waals surface area contributed by atoms with Gasteiger partial charge in [0.25, 0.3) is 0 Å². The maximum absolute atomic E-state index is 6.32. The van der Waals surface area contributed by atoms with E-state index in [1.54, 1.807) is 32.8 Å². The number of nitrogens with one attached hydrogen (secondary N) is 1. The van der Waals surface area contributed by atoms with Crippen LogP contribution in [0, 0.1) is 0 Å². The van der Waals surface area contributed by atoms with E-state index in [2.05, 4.69) is 15.4 Å². The Morgan fingerprint density at radius 2 is 2.19 bits per heavy atom. The van der Waals surface area contributed by atoms with Gasteiger partial charge in [0.15, 0.2) is 0 Å². The normalized spacial score (nSPS) is 12.4. The van der Waals surface area contributed by atoms with Crippen LogP contribution in [0.15, 0.2) is 24.7 Å². The standard InChI is InChI=1S/C14H19ClN4O2/c1-16-13(10-4-5-17-9-12(10)21-3)14-11(15)8-18-19(14)6-7-20-2/h4-5,8-9,13,16H,6-7H2,1-3H3. The molecule has 2 rings (SSSR count). The van der Waals surface area contributed by atoms with Gasteiger partial charge in [0, 0.05) is 18.9 Å². The van der Waals surface area contributed by atoms with Crippen molar-refractivity contribution in [3.8, 4) is 5.75 Å². The third-order valence-corrected chi connectivity index (χ3v) is 3.54. The molecule has 0 aliphatic rings. The highest BCUT2D eigenvalue weighted by Crippen LogP contribution is 2.32. The van der Waals surface area contributed by atoms with Gasteiger partial charge in [-0.25, -0.2) is 0 Å². The van der Waals surface area contributed by atoms with Gasteiger partial charge in [-0.05, 0) is 13.1 Å². The van der Waals surface area contributed by atoms with Crippen LogP contribution in [-0.4, -0.2) is 42.6 Å². The lowest BCUT2D eigenvalue weighted by molar-refractivity contribution is 0.182. The Balaban J connectivity index is 2.44. The predicted molar refractivity (Wildman–Crippen MR) is 80.8 cm³/mol. The third kappa shape index (κ3) is 3.34. The van der Waals surface area contributed by atoms with Gasteiger partial charge in [0.05, 0.1) is 49.4 Å². The summed E-state index contributed by atoms with van der Waals surface area (Å²) >= 11 is 6.32. The fraction of sp³-hybridized carbons (Fsp3) is 0.429. The summed E-state index contributed by atoms with van der Waals surface area (Å²) in [5.74, 6) is 0.701. The zero-order valence-corrected chi connectivity index (χ0v) is 13.1. The predicted octanol–water partition coefficient (Wildman–Crippen LogP) is 1.90. The molecule has 6 nitrogen and oxygen atoms in total. The van der Waals surface area contributed by atoms with E-state index >= 15 is 0 Å². The zero-order valence-electron chi connectivity index (χ0n) is 12.3. The molecule has 2 aromatic heterocycles. The van der Waals surface area contributed by atoms with Gasteiger partial charge < -0.3 is 14.8 Å². The molecular weight excluding hydrogens is 292 g/mol. The topological polar surface area (TPSA) is 61.2 Å². The number of methoxy groups -OCH3 is 2. The van der Waals surface area contributed by atoms with Crippen molar-refractivity contribution in [3.63, 3.8) is 0 Å². The Morgan fingerprint density at radius 1 is 1.38 bits per heavy atom. The maximum atomic E-state index is 6.32. The monoisotopic (exact) mass is 310 g/mol. The minimum atomic E-state index is -0.144. The van der Waals surface area contributed by atoms with Gasteiger partial charge >= 0.3 is 0 Å². The summed E-state index contributed by atoms with van der Waals surface area (Å²) in [5.41, 5.74) is 1.83. The summed E-state index contributed by atoms with van der Waals surface area (Å²) in [6.45, 7) is 1.19. The van der Waals surface area contributed by atoms with Gasteiger partial charge in [-0.15, -0.1) is 0 Å². The first-order chi connectivity index (χ1) is 10.2. The lowest BCUT2D eigenvalue weighted by Gasteiger charge is -2.21. The number of hydrogen-bond donors (Lipinski definition) is 1. The quantitative estimate of drug-likeness (QED) is 0.846. The smallest absolute Gasteiger partial charge is 0.142 e. The molecular formula is C14H19ClN4O2. The van der Waals surface area contributed by atoms with Crippen molar-refractivity contribution >= 4 is 11.6 Å². The van der Waals surface area contributed by atoms with Crippen molar-refractivity contribution in [1.82, 2.24) is 20.1 Å². The van der Waals surface area contributed by atoms with Crippen molar-refractivity contribution in [1.29, 1.82) is 0 Å². The van der Waals surface area contributed by atoms with Crippen LogP contribution in [-0.2, 0) is 11.3 Å². The number of pyridine rings is 1. The molecule has 0 saturated heterocycles. The van der Waals surface area contributed by atoms with E-state index in [1.807, 2.05) is 17.8 Å². The second-order valence-corrected chi connectivity index (χ2v) is 4.84. The van der Waals surface area contributed by atoms with Crippen molar-refractivity contribution < 1.29 is 9.47 Å². The number of nitrogens with zero attached hydrogens (tertiary/aromatic N) is 3. The Kier molecular flexibility index (Phi) is 5.55. The molecule has 2 heterocycles. The minimum absolute atomic E-state index is 0.144. The Morgan fingerprint density at radius 3 is 2.86 bits per heavy atom. The van der Waals surface area contributed by atoms with Crippen LogP contribution in [0.3, 0.4) is 0 Å². The van der Waals surface area contributed by atoms with E-state index in [-0.39, 0.29) is 6.04 Å². The second kappa shape index (κ2) is 7.40. The molecule has 0 saturated carbocycles. The van der Waals surface area contributed by atoms with Crippen LogP contribution in [0.1, 0.15) is 17.3 Å². The molecule has 0 spiro atoms. The summed E-state index contributed by atoms with van der Waals surface area (Å²) in [4.78, 5) is 4.08. The Bertz CT molecular complexity index is 588. The van der Waals surface area contributed by atoms with Crippen LogP contribution >= 0.6 is 11.6 Å². The number of halogens is 1. The van der Waals surface area contributed by atoms with Crippen molar-refractivity contribution in [2.45, 2.75) is 12.6 Å². The SMILES string of the molecule is CNC(c1ccncc1OC)c1c(Cl)cnn1CCOC. The molecule has 114 valence electrons. The van der Waals surface area contributed by atoms with E-state index in [0.717, 1.165) is 11.3 Å². The van der Waals surface area contributed by atoms with E-state index < -0.39 is 0 Å². The molecule has 2 aromatic rings. The summed E-state index contributed by atoms with van der Waals surface area (Å²) in [6, 6.07) is 1.76. The molecule has 21 heavy (non-hydrogen) atoms. The van der Waals surface area contributed by atoms with Crippen LogP contribution in [0.5, 0.6) is 5.75 Å². The molecule has 0 fully saturated rings. The zero-order chi connectivity index (χ0) is 15.2. The largest absolute Gasteiger partial charge is 0.495 e. The molecule has 0 aromatic carbocycles. The van der Waals surface area contributed by atoms with Gasteiger partial charge in [0.2, 0.25) is 0 Å². The van der Waals surface area contributed by atoms with Gasteiger partial charge in [-0.3, -0.25) is 9.67 Å². The van der Waals surface area contributed by atoms with Crippen LogP contribution in [0.2, 0.25) is 5.02 Å². The van der Waals surface area contributed by atoms with Crippen molar-refractivity contribution in [2.75, 3.05) is 27.9 Å². The highest BCUT2D eigenvalue weighted by molar-refractivity contribution is 6.31. The van der Waals surface area contributed by atoms with Gasteiger partial charge in [-0.1, -0.05) is 11.6 Å². The number of aromatic nitrogens is 3. The van der Waals surface area contributed by atoms with Crippen LogP contribution in [0.4, 0.5) is 0 Å². The van der Waals surface area contributed by atoms with Gasteiger partial charge in [0.1, 0.15) is 5.75 Å². The van der Waals surface area contributed by atoms with Crippen LogP contribution in [0.25, 0.3) is 0 Å². The summed E-state index contributed by atoms with van der Waals surface area (Å²) < 4.78 is 12.3. The summed E-state index contributed by atoms with van der Waals surface area (Å²) in [6.07, 6.45) is 5.06. The first-order valence-electron chi connectivity index (χ1n) is 6.58. The van der Waals surface area contributed by atoms with Gasteiger partial charge in [-0.2, -0.15) is 5.10 Å². The number of ether oxygens (including phenoxy) is 2. The van der Waals surface area contributed by atoms with E-state index in [1.165, 1.54) is 0 Å². The molecule has 0 amide bonds. The molecule has 0 aliphatic heterocycles. The van der Waals surface area contributed by atoms with E-state index in [0.29, 0.717) is 23.9 Å². The lowest BCUT2D eigenvalue weighted by Crippen LogP contribution is -2.23. The highest BCUT2D eigenvalue weighted by atomic mass is 35.5. The first-order valence-corrected chi connectivity index (χ1v) is 6.96. The molecule has 7 heteroatoms. The molecule has 1 N–H and O–H groups in total. The third-order valence-electron chi connectivity index (χ3n) is 3.25. The van der Waals surface area contributed by atoms with Crippen LogP contribution < -0.4 is 10.1 Å². The summed E-state index contributed by atoms with van der Waals surface area (Å²) in [5, 5.41) is 8.17. The molecule has 0 bridgehead atoms. The second-order valence-electron chi connectivity index (χ2n) is 4.43. The van der Waals surface area contributed by atoms with Crippen molar-refractivity contribution in [2.24, 2.45) is 0 Å². The average molecular weight is 311 g/mol.